The lowest BCUT2D eigenvalue weighted by atomic mass is 10.1. The normalized spacial score (nSPS) is 18.7. The van der Waals surface area contributed by atoms with Gasteiger partial charge in [-0.15, -0.1) is 10.2 Å². The second-order valence-corrected chi connectivity index (χ2v) is 7.59. The number of hydrogen-bond donors (Lipinski definition) is 2. The largest absolute Gasteiger partial charge is 0.494 e. The number of carbonyl (C=O) groups excluding carboxylic acids is 2. The molecule has 2 aliphatic rings. The zero-order valence-electron chi connectivity index (χ0n) is 17.3. The Balaban J connectivity index is 1.39. The van der Waals surface area contributed by atoms with E-state index < -0.39 is 6.04 Å². The summed E-state index contributed by atoms with van der Waals surface area (Å²) in [6.07, 6.45) is 2.09. The van der Waals surface area contributed by atoms with E-state index in [1.54, 1.807) is 0 Å². The molecule has 1 aromatic carbocycles. The topological polar surface area (TPSA) is 101 Å². The lowest BCUT2D eigenvalue weighted by Crippen LogP contribution is -2.56. The smallest absolute Gasteiger partial charge is 0.237 e. The molecule has 0 bridgehead atoms. The molecule has 3 heterocycles. The Bertz CT molecular complexity index is 912. The molecule has 160 valence electrons. The maximum atomic E-state index is 12.6. The minimum atomic E-state index is -0.516. The Morgan fingerprint density at radius 3 is 3.03 bits per heavy atom. The molecular formula is C21H28N6O3. The predicted molar refractivity (Wildman–Crippen MR) is 110 cm³/mol. The summed E-state index contributed by atoms with van der Waals surface area (Å²) in [4.78, 5) is 27.2. The van der Waals surface area contributed by atoms with Gasteiger partial charge in [-0.1, -0.05) is 18.2 Å². The van der Waals surface area contributed by atoms with Crippen molar-refractivity contribution in [3.8, 4) is 5.75 Å². The zero-order chi connectivity index (χ0) is 20.9. The number of aryl methyl sites for hydroxylation is 1. The summed E-state index contributed by atoms with van der Waals surface area (Å²) in [5.74, 6) is 2.27. The molecule has 2 aromatic rings. The van der Waals surface area contributed by atoms with E-state index in [1.165, 1.54) is 0 Å². The number of para-hydroxylation sites is 1. The van der Waals surface area contributed by atoms with Gasteiger partial charge >= 0.3 is 0 Å². The molecule has 0 aliphatic carbocycles. The third kappa shape index (κ3) is 4.46. The second kappa shape index (κ2) is 9.25. The number of ether oxygens (including phenoxy) is 1. The van der Waals surface area contributed by atoms with E-state index in [2.05, 4.69) is 25.4 Å². The maximum Gasteiger partial charge on any atom is 0.237 e. The number of nitrogens with zero attached hydrogens (tertiary/aromatic N) is 4. The molecular weight excluding hydrogens is 384 g/mol. The summed E-state index contributed by atoms with van der Waals surface area (Å²) in [5, 5.41) is 14.1. The fourth-order valence-corrected chi connectivity index (χ4v) is 4.09. The molecule has 1 fully saturated rings. The van der Waals surface area contributed by atoms with Gasteiger partial charge in [-0.25, -0.2) is 0 Å². The van der Waals surface area contributed by atoms with E-state index in [9.17, 15) is 9.59 Å². The van der Waals surface area contributed by atoms with Gasteiger partial charge in [0.1, 0.15) is 11.6 Å². The number of aromatic nitrogens is 3. The highest BCUT2D eigenvalue weighted by molar-refractivity contribution is 5.88. The average molecular weight is 412 g/mol. The lowest BCUT2D eigenvalue weighted by Gasteiger charge is -2.35. The van der Waals surface area contributed by atoms with Crippen LogP contribution >= 0.6 is 0 Å². The number of benzene rings is 1. The summed E-state index contributed by atoms with van der Waals surface area (Å²) in [6.45, 7) is 5.55. The summed E-state index contributed by atoms with van der Waals surface area (Å²) < 4.78 is 7.78. The van der Waals surface area contributed by atoms with Crippen molar-refractivity contribution in [1.82, 2.24) is 30.3 Å². The van der Waals surface area contributed by atoms with Crippen LogP contribution in [0.4, 0.5) is 0 Å². The molecule has 2 aliphatic heterocycles. The molecule has 2 amide bonds. The van der Waals surface area contributed by atoms with Crippen LogP contribution in [0, 0.1) is 0 Å². The van der Waals surface area contributed by atoms with Crippen LogP contribution in [-0.4, -0.2) is 57.2 Å². The summed E-state index contributed by atoms with van der Waals surface area (Å²) >= 11 is 0. The van der Waals surface area contributed by atoms with Crippen molar-refractivity contribution in [3.63, 3.8) is 0 Å². The van der Waals surface area contributed by atoms with Crippen LogP contribution in [0.2, 0.25) is 0 Å². The number of piperazine rings is 1. The van der Waals surface area contributed by atoms with Crippen LogP contribution in [0.5, 0.6) is 5.75 Å². The lowest BCUT2D eigenvalue weighted by molar-refractivity contribution is -0.134. The van der Waals surface area contributed by atoms with Crippen LogP contribution in [0.1, 0.15) is 37.0 Å². The van der Waals surface area contributed by atoms with Gasteiger partial charge in [0, 0.05) is 38.2 Å². The number of nitrogens with one attached hydrogen (secondary N) is 2. The summed E-state index contributed by atoms with van der Waals surface area (Å²) in [5.41, 5.74) is 1.01. The molecule has 0 unspecified atom stereocenters. The van der Waals surface area contributed by atoms with Gasteiger partial charge in [-0.05, 0) is 19.4 Å². The van der Waals surface area contributed by atoms with E-state index in [-0.39, 0.29) is 18.2 Å². The number of carbonyl (C=O) groups is 2. The highest BCUT2D eigenvalue weighted by atomic mass is 16.5. The quantitative estimate of drug-likeness (QED) is 0.660. The molecule has 2 N–H and O–H groups in total. The molecule has 1 aromatic heterocycles. The van der Waals surface area contributed by atoms with Gasteiger partial charge in [0.05, 0.1) is 25.6 Å². The van der Waals surface area contributed by atoms with Gasteiger partial charge in [-0.2, -0.15) is 0 Å². The first kappa shape index (κ1) is 20.3. The van der Waals surface area contributed by atoms with Crippen molar-refractivity contribution < 1.29 is 14.3 Å². The molecule has 4 rings (SSSR count). The molecule has 0 spiro atoms. The fourth-order valence-electron chi connectivity index (χ4n) is 4.09. The summed E-state index contributed by atoms with van der Waals surface area (Å²) in [6, 6.07) is 7.31. The van der Waals surface area contributed by atoms with Crippen LogP contribution in [0.25, 0.3) is 0 Å². The van der Waals surface area contributed by atoms with E-state index in [1.807, 2.05) is 36.1 Å². The van der Waals surface area contributed by atoms with E-state index in [0.717, 1.165) is 42.3 Å². The van der Waals surface area contributed by atoms with Gasteiger partial charge < -0.3 is 19.9 Å². The number of fused-ring (bicyclic) bond motifs is 1. The Kier molecular flexibility index (Phi) is 6.27. The van der Waals surface area contributed by atoms with Crippen molar-refractivity contribution in [2.45, 2.75) is 51.9 Å². The maximum absolute atomic E-state index is 12.6. The van der Waals surface area contributed by atoms with Crippen molar-refractivity contribution in [2.24, 2.45) is 0 Å². The number of hydrogen-bond acceptors (Lipinski definition) is 6. The van der Waals surface area contributed by atoms with Crippen LogP contribution in [0.3, 0.4) is 0 Å². The van der Waals surface area contributed by atoms with Gasteiger partial charge in [-0.3, -0.25) is 14.5 Å². The van der Waals surface area contributed by atoms with Crippen LogP contribution < -0.4 is 15.4 Å². The van der Waals surface area contributed by atoms with Gasteiger partial charge in [0.2, 0.25) is 11.8 Å². The van der Waals surface area contributed by atoms with Crippen molar-refractivity contribution in [1.29, 1.82) is 0 Å². The Hall–Kier alpha value is -2.94. The van der Waals surface area contributed by atoms with Crippen LogP contribution in [0.15, 0.2) is 24.3 Å². The van der Waals surface area contributed by atoms with E-state index in [4.69, 9.17) is 4.74 Å². The van der Waals surface area contributed by atoms with Crippen LogP contribution in [-0.2, 0) is 35.6 Å². The third-order valence-electron chi connectivity index (χ3n) is 5.60. The Morgan fingerprint density at radius 1 is 1.30 bits per heavy atom. The first-order valence-electron chi connectivity index (χ1n) is 10.6. The minimum Gasteiger partial charge on any atom is -0.494 e. The zero-order valence-corrected chi connectivity index (χ0v) is 17.3. The number of amides is 2. The fraction of sp³-hybridized carbons (Fsp3) is 0.524. The summed E-state index contributed by atoms with van der Waals surface area (Å²) in [7, 11) is 0. The first-order valence-corrected chi connectivity index (χ1v) is 10.6. The van der Waals surface area contributed by atoms with E-state index in [0.29, 0.717) is 32.8 Å². The number of rotatable bonds is 8. The molecule has 30 heavy (non-hydrogen) atoms. The third-order valence-corrected chi connectivity index (χ3v) is 5.60. The first-order chi connectivity index (χ1) is 14.7. The van der Waals surface area contributed by atoms with Crippen molar-refractivity contribution in [2.75, 3.05) is 19.7 Å². The molecule has 9 nitrogen and oxygen atoms in total. The monoisotopic (exact) mass is 412 g/mol. The highest BCUT2D eigenvalue weighted by Crippen LogP contribution is 2.22. The van der Waals surface area contributed by atoms with Crippen molar-refractivity contribution >= 4 is 11.8 Å². The molecule has 9 heteroatoms. The highest BCUT2D eigenvalue weighted by Gasteiger charge is 2.32. The van der Waals surface area contributed by atoms with Gasteiger partial charge in [0.15, 0.2) is 5.82 Å². The average Bonchev–Trinajstić information content (AvgIpc) is 3.35. The standard InChI is InChI=1S/C21H28N6O3/c1-2-30-17-7-4-3-6-15(17)14-26-11-9-22-21(29)16(26)12-20(28)23-13-19-25-24-18-8-5-10-27(18)19/h3-4,6-7,16H,2,5,8-14H2,1H3,(H,22,29)(H,23,28)/t16-/m1/s1. The molecule has 1 saturated heterocycles. The minimum absolute atomic E-state index is 0.101. The predicted octanol–water partition coefficient (Wildman–Crippen LogP) is 0.630. The van der Waals surface area contributed by atoms with Crippen molar-refractivity contribution in [3.05, 3.63) is 41.5 Å². The van der Waals surface area contributed by atoms with Gasteiger partial charge in [0.25, 0.3) is 0 Å². The molecule has 0 saturated carbocycles. The van der Waals surface area contributed by atoms with E-state index >= 15 is 0 Å². The molecule has 0 radical (unpaired) electrons. The SMILES string of the molecule is CCOc1ccccc1CN1CCNC(=O)[C@H]1CC(=O)NCc1nnc2n1CCC2. The Morgan fingerprint density at radius 2 is 2.17 bits per heavy atom. The second-order valence-electron chi connectivity index (χ2n) is 7.59. The Labute approximate surface area is 175 Å². The molecule has 1 atom stereocenters.